The summed E-state index contributed by atoms with van der Waals surface area (Å²) in [6.45, 7) is 1.28. The van der Waals surface area contributed by atoms with Crippen molar-refractivity contribution in [3.05, 3.63) is 23.9 Å². The van der Waals surface area contributed by atoms with Gasteiger partial charge < -0.3 is 4.90 Å². The summed E-state index contributed by atoms with van der Waals surface area (Å²) in [4.78, 5) is 30.1. The highest BCUT2D eigenvalue weighted by molar-refractivity contribution is 5.94. The molecule has 0 radical (unpaired) electrons. The fourth-order valence-electron chi connectivity index (χ4n) is 5.34. The summed E-state index contributed by atoms with van der Waals surface area (Å²) >= 11 is 0. The van der Waals surface area contributed by atoms with E-state index in [0.717, 1.165) is 31.4 Å². The lowest BCUT2D eigenvalue weighted by Gasteiger charge is -2.53. The number of nitrogens with zero attached hydrogens (tertiary/aromatic N) is 4. The SMILES string of the molecule is O=C(Nc1nc2cccc(C3CCC4(CC3)CN(C(=O)C3(F)CC3)C4)n2n1)[C@@H]1CC1(F)F. The zero-order chi connectivity index (χ0) is 22.3. The molecule has 6 rings (SSSR count). The van der Waals surface area contributed by atoms with Gasteiger partial charge in [-0.15, -0.1) is 5.10 Å². The number of pyridine rings is 1. The predicted octanol–water partition coefficient (Wildman–Crippen LogP) is 3.31. The molecule has 1 spiro atoms. The molecular formula is C22H24F3N5O2. The average molecular weight is 447 g/mol. The van der Waals surface area contributed by atoms with E-state index in [-0.39, 0.29) is 23.2 Å². The molecule has 0 unspecified atom stereocenters. The molecular weight excluding hydrogens is 423 g/mol. The summed E-state index contributed by atoms with van der Waals surface area (Å²) < 4.78 is 42.0. The lowest BCUT2D eigenvalue weighted by atomic mass is 9.65. The number of anilines is 1. The number of carbonyl (C=O) groups excluding carboxylic acids is 2. The fraction of sp³-hybridized carbons (Fsp3) is 0.636. The molecule has 3 aliphatic carbocycles. The van der Waals surface area contributed by atoms with Crippen LogP contribution in [0.25, 0.3) is 5.65 Å². The highest BCUT2D eigenvalue weighted by Crippen LogP contribution is 2.51. The van der Waals surface area contributed by atoms with Crippen molar-refractivity contribution >= 4 is 23.4 Å². The van der Waals surface area contributed by atoms with Crippen LogP contribution in [0.2, 0.25) is 0 Å². The zero-order valence-corrected chi connectivity index (χ0v) is 17.5. The van der Waals surface area contributed by atoms with Gasteiger partial charge in [-0.2, -0.15) is 4.98 Å². The molecule has 2 amide bonds. The lowest BCUT2D eigenvalue weighted by Crippen LogP contribution is -2.61. The van der Waals surface area contributed by atoms with Crippen LogP contribution in [0.4, 0.5) is 19.1 Å². The van der Waals surface area contributed by atoms with E-state index in [1.54, 1.807) is 15.5 Å². The molecule has 2 aromatic rings. The minimum atomic E-state index is -2.93. The summed E-state index contributed by atoms with van der Waals surface area (Å²) in [6.07, 6.45) is 4.00. The van der Waals surface area contributed by atoms with E-state index in [1.807, 2.05) is 12.1 Å². The Morgan fingerprint density at radius 2 is 1.75 bits per heavy atom. The van der Waals surface area contributed by atoms with E-state index in [1.165, 1.54) is 0 Å². The lowest BCUT2D eigenvalue weighted by molar-refractivity contribution is -0.153. The maximum atomic E-state index is 14.0. The second-order valence-corrected chi connectivity index (χ2v) is 10.1. The van der Waals surface area contributed by atoms with Gasteiger partial charge in [0.25, 0.3) is 11.8 Å². The number of nitrogens with one attached hydrogen (secondary N) is 1. The van der Waals surface area contributed by atoms with Gasteiger partial charge >= 0.3 is 0 Å². The Morgan fingerprint density at radius 1 is 1.06 bits per heavy atom. The quantitative estimate of drug-likeness (QED) is 0.780. The number of alkyl halides is 3. The number of carbonyl (C=O) groups is 2. The average Bonchev–Trinajstić information content (AvgIpc) is 3.58. The van der Waals surface area contributed by atoms with E-state index in [9.17, 15) is 22.8 Å². The monoisotopic (exact) mass is 447 g/mol. The van der Waals surface area contributed by atoms with E-state index in [4.69, 9.17) is 0 Å². The number of likely N-dealkylation sites (tertiary alicyclic amines) is 1. The van der Waals surface area contributed by atoms with Crippen molar-refractivity contribution in [3.63, 3.8) is 0 Å². The van der Waals surface area contributed by atoms with Crippen molar-refractivity contribution in [2.45, 2.75) is 62.5 Å². The van der Waals surface area contributed by atoms with Gasteiger partial charge in [0, 0.05) is 36.5 Å². The van der Waals surface area contributed by atoms with Gasteiger partial charge in [-0.3, -0.25) is 14.9 Å². The smallest absolute Gasteiger partial charge is 0.260 e. The number of fused-ring (bicyclic) bond motifs is 1. The topological polar surface area (TPSA) is 79.6 Å². The largest absolute Gasteiger partial charge is 0.339 e. The van der Waals surface area contributed by atoms with E-state index in [2.05, 4.69) is 15.4 Å². The van der Waals surface area contributed by atoms with Gasteiger partial charge in [-0.25, -0.2) is 17.7 Å². The summed E-state index contributed by atoms with van der Waals surface area (Å²) in [5.74, 6) is -5.05. The molecule has 3 saturated carbocycles. The number of rotatable bonds is 4. The Labute approximate surface area is 182 Å². The van der Waals surface area contributed by atoms with Crippen LogP contribution < -0.4 is 5.32 Å². The van der Waals surface area contributed by atoms with Crippen LogP contribution in [-0.4, -0.2) is 56.0 Å². The number of aromatic nitrogens is 3. The van der Waals surface area contributed by atoms with Crippen LogP contribution in [0.1, 0.15) is 56.6 Å². The molecule has 1 atom stereocenters. The van der Waals surface area contributed by atoms with Crippen molar-refractivity contribution in [2.75, 3.05) is 18.4 Å². The molecule has 3 heterocycles. The molecule has 170 valence electrons. The zero-order valence-electron chi connectivity index (χ0n) is 17.5. The first kappa shape index (κ1) is 20.0. The Balaban J connectivity index is 1.12. The summed E-state index contributed by atoms with van der Waals surface area (Å²) in [6, 6.07) is 5.62. The van der Waals surface area contributed by atoms with Gasteiger partial charge in [-0.1, -0.05) is 6.07 Å². The third kappa shape index (κ3) is 3.17. The van der Waals surface area contributed by atoms with E-state index < -0.39 is 29.8 Å². The fourth-order valence-corrected chi connectivity index (χ4v) is 5.34. The van der Waals surface area contributed by atoms with Crippen LogP contribution in [0.3, 0.4) is 0 Å². The van der Waals surface area contributed by atoms with Crippen molar-refractivity contribution in [2.24, 2.45) is 11.3 Å². The number of hydrogen-bond acceptors (Lipinski definition) is 4. The highest BCUT2D eigenvalue weighted by atomic mass is 19.3. The maximum absolute atomic E-state index is 14.0. The minimum absolute atomic E-state index is 0.0332. The maximum Gasteiger partial charge on any atom is 0.260 e. The standard InChI is InChI=1S/C22H24F3N5O2/c23-21(8-9-21)18(32)29-11-20(12-29)6-4-13(5-7-20)15-2-1-3-16-26-19(28-30(15)16)27-17(31)14-10-22(14,24)25/h1-3,13-14H,4-12H2,(H,27,28,31)/t14-/m0/s1. The first-order valence-electron chi connectivity index (χ1n) is 11.2. The number of amides is 2. The molecule has 4 fully saturated rings. The second kappa shape index (κ2) is 6.45. The molecule has 10 heteroatoms. The van der Waals surface area contributed by atoms with E-state index in [0.29, 0.717) is 31.6 Å². The number of hydrogen-bond donors (Lipinski definition) is 1. The molecule has 4 aliphatic rings. The first-order chi connectivity index (χ1) is 15.2. The molecule has 7 nitrogen and oxygen atoms in total. The highest BCUT2D eigenvalue weighted by Gasteiger charge is 2.61. The molecule has 1 N–H and O–H groups in total. The Bertz CT molecular complexity index is 1110. The summed E-state index contributed by atoms with van der Waals surface area (Å²) in [7, 11) is 0. The number of halogens is 3. The normalized spacial score (nSPS) is 27.2. The molecule has 0 bridgehead atoms. The van der Waals surface area contributed by atoms with Crippen molar-refractivity contribution in [1.29, 1.82) is 0 Å². The first-order valence-corrected chi connectivity index (χ1v) is 11.2. The van der Waals surface area contributed by atoms with Crippen LogP contribution in [0.5, 0.6) is 0 Å². The Morgan fingerprint density at radius 3 is 2.38 bits per heavy atom. The Hall–Kier alpha value is -2.65. The molecule has 32 heavy (non-hydrogen) atoms. The predicted molar refractivity (Wildman–Crippen MR) is 108 cm³/mol. The third-order valence-electron chi connectivity index (χ3n) is 7.64. The van der Waals surface area contributed by atoms with Crippen LogP contribution in [0, 0.1) is 11.3 Å². The minimum Gasteiger partial charge on any atom is -0.339 e. The summed E-state index contributed by atoms with van der Waals surface area (Å²) in [5.41, 5.74) is 0.0145. The second-order valence-electron chi connectivity index (χ2n) is 10.1. The van der Waals surface area contributed by atoms with Gasteiger partial charge in [-0.05, 0) is 50.7 Å². The molecule has 2 aromatic heterocycles. The van der Waals surface area contributed by atoms with Gasteiger partial charge in [0.15, 0.2) is 11.3 Å². The van der Waals surface area contributed by atoms with Crippen molar-refractivity contribution in [3.8, 4) is 0 Å². The van der Waals surface area contributed by atoms with Gasteiger partial charge in [0.2, 0.25) is 11.9 Å². The van der Waals surface area contributed by atoms with Crippen LogP contribution in [0.15, 0.2) is 18.2 Å². The van der Waals surface area contributed by atoms with Gasteiger partial charge in [0.05, 0.1) is 0 Å². The van der Waals surface area contributed by atoms with Crippen LogP contribution >= 0.6 is 0 Å². The molecule has 0 aromatic carbocycles. The molecule has 1 saturated heterocycles. The van der Waals surface area contributed by atoms with E-state index >= 15 is 0 Å². The third-order valence-corrected chi connectivity index (χ3v) is 7.64. The van der Waals surface area contributed by atoms with Crippen LogP contribution in [-0.2, 0) is 9.59 Å². The molecule has 1 aliphatic heterocycles. The van der Waals surface area contributed by atoms with Gasteiger partial charge in [0.1, 0.15) is 5.92 Å². The summed E-state index contributed by atoms with van der Waals surface area (Å²) in [5, 5.41) is 6.77. The van der Waals surface area contributed by atoms with Crippen molar-refractivity contribution < 1.29 is 22.8 Å². The van der Waals surface area contributed by atoms with Crippen molar-refractivity contribution in [1.82, 2.24) is 19.5 Å². The Kier molecular flexibility index (Phi) is 4.03.